The van der Waals surface area contributed by atoms with Crippen LogP contribution in [0.1, 0.15) is 32.1 Å². The van der Waals surface area contributed by atoms with Crippen LogP contribution in [-0.2, 0) is 4.79 Å². The van der Waals surface area contributed by atoms with Gasteiger partial charge < -0.3 is 15.4 Å². The summed E-state index contributed by atoms with van der Waals surface area (Å²) in [4.78, 5) is 16.5. The fourth-order valence-electron chi connectivity index (χ4n) is 3.90. The van der Waals surface area contributed by atoms with Gasteiger partial charge in [0.2, 0.25) is 5.91 Å². The van der Waals surface area contributed by atoms with Gasteiger partial charge in [0, 0.05) is 24.1 Å². The van der Waals surface area contributed by atoms with Gasteiger partial charge in [-0.3, -0.25) is 9.78 Å². The Morgan fingerprint density at radius 3 is 2.52 bits per heavy atom. The van der Waals surface area contributed by atoms with E-state index in [2.05, 4.69) is 15.6 Å². The molecule has 1 aromatic heterocycles. The molecule has 1 aromatic carbocycles. The van der Waals surface area contributed by atoms with Gasteiger partial charge in [-0.2, -0.15) is 0 Å². The number of fused-ring (bicyclic) bond motifs is 1. The van der Waals surface area contributed by atoms with Crippen molar-refractivity contribution in [3.63, 3.8) is 0 Å². The minimum Gasteiger partial charge on any atom is -0.457 e. The molecule has 4 rings (SSSR count). The first-order valence-corrected chi connectivity index (χ1v) is 9.03. The second-order valence-corrected chi connectivity index (χ2v) is 6.90. The molecular formula is C20H23N3O2. The number of ether oxygens (including phenoxy) is 1. The van der Waals surface area contributed by atoms with Gasteiger partial charge in [-0.05, 0) is 61.6 Å². The Bertz CT molecular complexity index is 703. The number of aromatic nitrogens is 1. The molecule has 1 saturated carbocycles. The molecule has 3 unspecified atom stereocenters. The van der Waals surface area contributed by atoms with Gasteiger partial charge >= 0.3 is 0 Å². The zero-order chi connectivity index (χ0) is 17.1. The number of nitrogens with one attached hydrogen (secondary N) is 2. The summed E-state index contributed by atoms with van der Waals surface area (Å²) >= 11 is 0. The summed E-state index contributed by atoms with van der Waals surface area (Å²) in [5, 5.41) is 6.53. The maximum Gasteiger partial charge on any atom is 0.241 e. The minimum absolute atomic E-state index is 0.0669. The molecule has 0 radical (unpaired) electrons. The molecule has 3 atom stereocenters. The van der Waals surface area contributed by atoms with E-state index in [9.17, 15) is 4.79 Å². The van der Waals surface area contributed by atoms with Crippen molar-refractivity contribution in [1.82, 2.24) is 10.3 Å². The Morgan fingerprint density at radius 2 is 1.76 bits per heavy atom. The molecule has 2 N–H and O–H groups in total. The number of carbonyl (C=O) groups is 1. The average Bonchev–Trinajstić information content (AvgIpc) is 3.09. The summed E-state index contributed by atoms with van der Waals surface area (Å²) in [7, 11) is 0. The number of carbonyl (C=O) groups excluding carboxylic acids is 1. The number of amides is 1. The molecule has 1 saturated heterocycles. The molecule has 2 aromatic rings. The Kier molecular flexibility index (Phi) is 4.65. The van der Waals surface area contributed by atoms with Crippen LogP contribution in [0, 0.1) is 5.92 Å². The van der Waals surface area contributed by atoms with Crippen molar-refractivity contribution in [2.75, 3.05) is 5.32 Å². The fourth-order valence-corrected chi connectivity index (χ4v) is 3.90. The summed E-state index contributed by atoms with van der Waals surface area (Å²) in [6, 6.07) is 11.5. The molecule has 5 heteroatoms. The lowest BCUT2D eigenvalue weighted by Crippen LogP contribution is -2.39. The van der Waals surface area contributed by atoms with E-state index < -0.39 is 0 Å². The number of hydrogen-bond acceptors (Lipinski definition) is 4. The van der Waals surface area contributed by atoms with Crippen molar-refractivity contribution in [2.45, 2.75) is 44.2 Å². The number of anilines is 1. The summed E-state index contributed by atoms with van der Waals surface area (Å²) in [5.41, 5.74) is 0.795. The molecule has 5 nitrogen and oxygen atoms in total. The lowest BCUT2D eigenvalue weighted by Gasteiger charge is -2.24. The van der Waals surface area contributed by atoms with Crippen molar-refractivity contribution < 1.29 is 9.53 Å². The Labute approximate surface area is 147 Å². The first-order valence-electron chi connectivity index (χ1n) is 9.03. The minimum atomic E-state index is -0.0687. The standard InChI is InChI=1S/C20H23N3O2/c24-20(19-13-14-3-1-2-4-18(14)23-19)22-15-5-7-16(8-6-15)25-17-9-11-21-12-10-17/h5-12,14,18-19,23H,1-4,13H2,(H,22,24). The van der Waals surface area contributed by atoms with Gasteiger partial charge in [-0.1, -0.05) is 12.8 Å². The van der Waals surface area contributed by atoms with Gasteiger partial charge in [0.05, 0.1) is 6.04 Å². The van der Waals surface area contributed by atoms with Crippen molar-refractivity contribution in [1.29, 1.82) is 0 Å². The Balaban J connectivity index is 1.34. The van der Waals surface area contributed by atoms with E-state index in [-0.39, 0.29) is 11.9 Å². The van der Waals surface area contributed by atoms with E-state index in [0.29, 0.717) is 12.0 Å². The highest BCUT2D eigenvalue weighted by Gasteiger charge is 2.38. The van der Waals surface area contributed by atoms with Crippen LogP contribution in [0.25, 0.3) is 0 Å². The third-order valence-electron chi connectivity index (χ3n) is 5.19. The van der Waals surface area contributed by atoms with Crippen LogP contribution < -0.4 is 15.4 Å². The summed E-state index contributed by atoms with van der Waals surface area (Å²) in [6.07, 6.45) is 9.38. The highest BCUT2D eigenvalue weighted by Crippen LogP contribution is 2.33. The van der Waals surface area contributed by atoms with Crippen LogP contribution in [-0.4, -0.2) is 23.0 Å². The summed E-state index contributed by atoms with van der Waals surface area (Å²) in [5.74, 6) is 2.21. The monoisotopic (exact) mass is 337 g/mol. The average molecular weight is 337 g/mol. The summed E-state index contributed by atoms with van der Waals surface area (Å²) in [6.45, 7) is 0. The maximum absolute atomic E-state index is 12.5. The normalized spacial score (nSPS) is 25.2. The molecule has 1 amide bonds. The van der Waals surface area contributed by atoms with Crippen LogP contribution >= 0.6 is 0 Å². The highest BCUT2D eigenvalue weighted by atomic mass is 16.5. The largest absolute Gasteiger partial charge is 0.457 e. The number of nitrogens with zero attached hydrogens (tertiary/aromatic N) is 1. The topological polar surface area (TPSA) is 63.2 Å². The van der Waals surface area contributed by atoms with Gasteiger partial charge in [0.25, 0.3) is 0 Å². The number of hydrogen-bond donors (Lipinski definition) is 2. The second-order valence-electron chi connectivity index (χ2n) is 6.90. The second kappa shape index (κ2) is 7.23. The molecular weight excluding hydrogens is 314 g/mol. The molecule has 130 valence electrons. The Morgan fingerprint density at radius 1 is 1.04 bits per heavy atom. The smallest absolute Gasteiger partial charge is 0.241 e. The molecule has 2 fully saturated rings. The fraction of sp³-hybridized carbons (Fsp3) is 0.400. The van der Waals surface area contributed by atoms with E-state index >= 15 is 0 Å². The van der Waals surface area contributed by atoms with E-state index in [1.807, 2.05) is 24.3 Å². The molecule has 25 heavy (non-hydrogen) atoms. The Hall–Kier alpha value is -2.40. The lowest BCUT2D eigenvalue weighted by atomic mass is 9.85. The third kappa shape index (κ3) is 3.82. The molecule has 1 aliphatic heterocycles. The van der Waals surface area contributed by atoms with E-state index in [4.69, 9.17) is 4.74 Å². The summed E-state index contributed by atoms with van der Waals surface area (Å²) < 4.78 is 5.74. The van der Waals surface area contributed by atoms with Crippen molar-refractivity contribution in [2.24, 2.45) is 5.92 Å². The number of benzene rings is 1. The first kappa shape index (κ1) is 16.1. The zero-order valence-electron chi connectivity index (χ0n) is 14.2. The zero-order valence-corrected chi connectivity index (χ0v) is 14.2. The van der Waals surface area contributed by atoms with E-state index in [1.54, 1.807) is 24.5 Å². The van der Waals surface area contributed by atoms with Gasteiger partial charge in [-0.15, -0.1) is 0 Å². The quantitative estimate of drug-likeness (QED) is 0.892. The predicted octanol–water partition coefficient (Wildman–Crippen LogP) is 3.73. The van der Waals surface area contributed by atoms with Crippen LogP contribution in [0.3, 0.4) is 0 Å². The number of rotatable bonds is 4. The van der Waals surface area contributed by atoms with Crippen LogP contribution in [0.4, 0.5) is 5.69 Å². The van der Waals surface area contributed by atoms with E-state index in [1.165, 1.54) is 25.7 Å². The molecule has 2 heterocycles. The van der Waals surface area contributed by atoms with Crippen molar-refractivity contribution in [3.8, 4) is 11.5 Å². The van der Waals surface area contributed by atoms with Gasteiger partial charge in [-0.25, -0.2) is 0 Å². The predicted molar refractivity (Wildman–Crippen MR) is 96.7 cm³/mol. The number of pyridine rings is 1. The van der Waals surface area contributed by atoms with Crippen LogP contribution in [0.5, 0.6) is 11.5 Å². The SMILES string of the molecule is O=C(Nc1ccc(Oc2ccncc2)cc1)C1CC2CCCCC2N1. The van der Waals surface area contributed by atoms with Gasteiger partial charge in [0.1, 0.15) is 11.5 Å². The highest BCUT2D eigenvalue weighted by molar-refractivity contribution is 5.95. The van der Waals surface area contributed by atoms with Gasteiger partial charge in [0.15, 0.2) is 0 Å². The molecule has 2 aliphatic rings. The third-order valence-corrected chi connectivity index (χ3v) is 5.19. The van der Waals surface area contributed by atoms with Crippen molar-refractivity contribution in [3.05, 3.63) is 48.8 Å². The molecule has 0 spiro atoms. The molecule has 1 aliphatic carbocycles. The van der Waals surface area contributed by atoms with Crippen molar-refractivity contribution >= 4 is 11.6 Å². The van der Waals surface area contributed by atoms with Crippen LogP contribution in [0.15, 0.2) is 48.8 Å². The van der Waals surface area contributed by atoms with E-state index in [0.717, 1.165) is 23.6 Å². The van der Waals surface area contributed by atoms with Crippen LogP contribution in [0.2, 0.25) is 0 Å². The first-order chi connectivity index (χ1) is 12.3. The maximum atomic E-state index is 12.5. The molecule has 0 bridgehead atoms. The lowest BCUT2D eigenvalue weighted by molar-refractivity contribution is -0.117.